The highest BCUT2D eigenvalue weighted by Gasteiger charge is 2.31. The van der Waals surface area contributed by atoms with E-state index in [2.05, 4.69) is 9.84 Å². The van der Waals surface area contributed by atoms with Crippen molar-refractivity contribution in [1.29, 1.82) is 0 Å². The van der Waals surface area contributed by atoms with E-state index in [1.165, 1.54) is 17.1 Å². The monoisotopic (exact) mass is 291 g/mol. The first-order chi connectivity index (χ1) is 8.69. The lowest BCUT2D eigenvalue weighted by atomic mass is 10.3. The highest BCUT2D eigenvalue weighted by Crippen LogP contribution is 2.25. The number of ether oxygens (including phenoxy) is 1. The predicted octanol–water partition coefficient (Wildman–Crippen LogP) is 3.03. The summed E-state index contributed by atoms with van der Waals surface area (Å²) in [6.07, 6.45) is -4.72. The third-order valence-corrected chi connectivity index (χ3v) is 2.00. The third kappa shape index (κ3) is 5.12. The summed E-state index contributed by atoms with van der Waals surface area (Å²) in [4.78, 5) is 0. The maximum Gasteiger partial charge on any atom is 0.573 e. The first kappa shape index (κ1) is 15.2. The van der Waals surface area contributed by atoms with Crippen molar-refractivity contribution in [3.63, 3.8) is 0 Å². The molecule has 0 radical (unpaired) electrons. The van der Waals surface area contributed by atoms with Gasteiger partial charge in [0.2, 0.25) is 0 Å². The molecule has 104 valence electrons. The van der Waals surface area contributed by atoms with Gasteiger partial charge in [-0.3, -0.25) is 0 Å². The van der Waals surface area contributed by atoms with E-state index >= 15 is 0 Å². The van der Waals surface area contributed by atoms with Gasteiger partial charge in [0.1, 0.15) is 5.75 Å². The van der Waals surface area contributed by atoms with E-state index in [1.807, 2.05) is 0 Å². The van der Waals surface area contributed by atoms with Crippen LogP contribution in [0, 0.1) is 0 Å². The van der Waals surface area contributed by atoms with Crippen LogP contribution in [0.4, 0.5) is 18.9 Å². The fourth-order valence-corrected chi connectivity index (χ4v) is 1.37. The van der Waals surface area contributed by atoms with Gasteiger partial charge in [-0.25, -0.2) is 5.01 Å². The van der Waals surface area contributed by atoms with Crippen LogP contribution in [0.2, 0.25) is 0 Å². The zero-order chi connectivity index (χ0) is 14.6. The fourth-order valence-electron chi connectivity index (χ4n) is 1.22. The molecule has 1 aromatic carbocycles. The van der Waals surface area contributed by atoms with Gasteiger partial charge < -0.3 is 10.5 Å². The van der Waals surface area contributed by atoms with E-state index in [0.717, 1.165) is 12.1 Å². The molecule has 0 saturated carbocycles. The van der Waals surface area contributed by atoms with E-state index < -0.39 is 6.36 Å². The molecule has 0 spiro atoms. The maximum absolute atomic E-state index is 12.0. The lowest BCUT2D eigenvalue weighted by Gasteiger charge is -2.18. The Hall–Kier alpha value is -1.83. The van der Waals surface area contributed by atoms with Gasteiger partial charge in [0.15, 0.2) is 5.11 Å². The van der Waals surface area contributed by atoms with Crippen LogP contribution in [0.3, 0.4) is 0 Å². The molecule has 0 amide bonds. The Labute approximate surface area is 113 Å². The summed E-state index contributed by atoms with van der Waals surface area (Å²) in [6.45, 7) is 3.48. The molecular formula is C11H12F3N3OS. The summed E-state index contributed by atoms with van der Waals surface area (Å²) in [5.41, 5.74) is 6.64. The number of hydrogen-bond donors (Lipinski definition) is 1. The SMILES string of the molecule is CC(C)=NN(C(N)=S)c1ccc(OC(F)(F)F)cc1. The van der Waals surface area contributed by atoms with Gasteiger partial charge in [-0.05, 0) is 50.3 Å². The number of halogens is 3. The van der Waals surface area contributed by atoms with Gasteiger partial charge in [0, 0.05) is 5.71 Å². The van der Waals surface area contributed by atoms with Crippen molar-refractivity contribution < 1.29 is 17.9 Å². The highest BCUT2D eigenvalue weighted by atomic mass is 32.1. The first-order valence-corrected chi connectivity index (χ1v) is 5.57. The molecule has 0 aliphatic carbocycles. The molecule has 0 aliphatic rings. The van der Waals surface area contributed by atoms with E-state index in [1.54, 1.807) is 13.8 Å². The zero-order valence-corrected chi connectivity index (χ0v) is 11.0. The van der Waals surface area contributed by atoms with Crippen LogP contribution >= 0.6 is 12.2 Å². The minimum Gasteiger partial charge on any atom is -0.406 e. The molecule has 1 aromatic rings. The van der Waals surface area contributed by atoms with Gasteiger partial charge in [-0.2, -0.15) is 5.10 Å². The number of benzene rings is 1. The van der Waals surface area contributed by atoms with Crippen LogP contribution in [-0.2, 0) is 0 Å². The molecule has 0 unspecified atom stereocenters. The fraction of sp³-hybridized carbons (Fsp3) is 0.273. The average Bonchev–Trinajstić information content (AvgIpc) is 2.24. The van der Waals surface area contributed by atoms with Gasteiger partial charge in [-0.15, -0.1) is 13.2 Å². The molecule has 1 rings (SSSR count). The van der Waals surface area contributed by atoms with Crippen molar-refractivity contribution in [2.24, 2.45) is 10.8 Å². The topological polar surface area (TPSA) is 50.8 Å². The second-order valence-electron chi connectivity index (χ2n) is 3.74. The number of alkyl halides is 3. The lowest BCUT2D eigenvalue weighted by Crippen LogP contribution is -2.31. The summed E-state index contributed by atoms with van der Waals surface area (Å²) in [7, 11) is 0. The normalized spacial score (nSPS) is 10.8. The lowest BCUT2D eigenvalue weighted by molar-refractivity contribution is -0.274. The van der Waals surface area contributed by atoms with E-state index in [9.17, 15) is 13.2 Å². The molecule has 19 heavy (non-hydrogen) atoms. The number of rotatable bonds is 3. The van der Waals surface area contributed by atoms with E-state index in [-0.39, 0.29) is 10.9 Å². The number of nitrogens with two attached hydrogens (primary N) is 1. The Morgan fingerprint density at radius 3 is 2.16 bits per heavy atom. The smallest absolute Gasteiger partial charge is 0.406 e. The molecule has 8 heteroatoms. The minimum absolute atomic E-state index is 0.00862. The zero-order valence-electron chi connectivity index (χ0n) is 10.2. The molecule has 0 aromatic heterocycles. The Morgan fingerprint density at radius 2 is 1.79 bits per heavy atom. The molecule has 4 nitrogen and oxygen atoms in total. The Bertz CT molecular complexity index is 481. The van der Waals surface area contributed by atoms with Gasteiger partial charge in [0.05, 0.1) is 5.69 Å². The van der Waals surface area contributed by atoms with Crippen molar-refractivity contribution in [1.82, 2.24) is 0 Å². The summed E-state index contributed by atoms with van der Waals surface area (Å²) >= 11 is 4.82. The predicted molar refractivity (Wildman–Crippen MR) is 71.2 cm³/mol. The van der Waals surface area contributed by atoms with Crippen LogP contribution in [0.25, 0.3) is 0 Å². The highest BCUT2D eigenvalue weighted by molar-refractivity contribution is 7.80. The van der Waals surface area contributed by atoms with Crippen LogP contribution in [0.1, 0.15) is 13.8 Å². The van der Waals surface area contributed by atoms with Crippen LogP contribution in [-0.4, -0.2) is 17.2 Å². The van der Waals surface area contributed by atoms with Crippen molar-refractivity contribution in [2.45, 2.75) is 20.2 Å². The Kier molecular flexibility index (Phi) is 4.71. The van der Waals surface area contributed by atoms with E-state index in [0.29, 0.717) is 11.4 Å². The molecule has 0 heterocycles. The molecule has 0 saturated heterocycles. The van der Waals surface area contributed by atoms with Crippen molar-refractivity contribution in [3.05, 3.63) is 24.3 Å². The van der Waals surface area contributed by atoms with Crippen LogP contribution in [0.5, 0.6) is 5.75 Å². The standard InChI is InChI=1S/C11H12F3N3OS/c1-7(2)16-17(10(15)19)8-3-5-9(6-4-8)18-11(12,13)14/h3-6H,1-2H3,(H2,15,19). The number of nitrogens with zero attached hydrogens (tertiary/aromatic N) is 2. The first-order valence-electron chi connectivity index (χ1n) is 5.16. The van der Waals surface area contributed by atoms with E-state index in [4.69, 9.17) is 18.0 Å². The quantitative estimate of drug-likeness (QED) is 0.528. The molecule has 0 atom stereocenters. The van der Waals surface area contributed by atoms with Crippen molar-refractivity contribution in [2.75, 3.05) is 5.01 Å². The summed E-state index contributed by atoms with van der Waals surface area (Å²) in [5.74, 6) is -0.323. The summed E-state index contributed by atoms with van der Waals surface area (Å²) in [6, 6.07) is 5.09. The largest absolute Gasteiger partial charge is 0.573 e. The second kappa shape index (κ2) is 5.87. The average molecular weight is 291 g/mol. The molecule has 0 aliphatic heterocycles. The number of hydrazone groups is 1. The minimum atomic E-state index is -4.72. The maximum atomic E-state index is 12.0. The summed E-state index contributed by atoms with van der Waals surface area (Å²) in [5, 5.41) is 5.32. The van der Waals surface area contributed by atoms with Gasteiger partial charge in [-0.1, -0.05) is 0 Å². The molecular weight excluding hydrogens is 279 g/mol. The van der Waals surface area contributed by atoms with Gasteiger partial charge >= 0.3 is 6.36 Å². The van der Waals surface area contributed by atoms with Gasteiger partial charge in [0.25, 0.3) is 0 Å². The Balaban J connectivity index is 2.96. The van der Waals surface area contributed by atoms with Crippen molar-refractivity contribution >= 4 is 28.7 Å². The molecule has 2 N–H and O–H groups in total. The molecule has 0 fully saturated rings. The summed E-state index contributed by atoms with van der Waals surface area (Å²) < 4.78 is 39.8. The van der Waals surface area contributed by atoms with Crippen LogP contribution < -0.4 is 15.5 Å². The molecule has 0 bridgehead atoms. The second-order valence-corrected chi connectivity index (χ2v) is 4.16. The Morgan fingerprint density at radius 1 is 1.26 bits per heavy atom. The number of thiocarbonyl (C=S) groups is 1. The van der Waals surface area contributed by atoms with Crippen molar-refractivity contribution in [3.8, 4) is 5.75 Å². The number of anilines is 1. The third-order valence-electron chi connectivity index (χ3n) is 1.82. The number of hydrogen-bond acceptors (Lipinski definition) is 3. The van der Waals surface area contributed by atoms with Crippen LogP contribution in [0.15, 0.2) is 29.4 Å².